The van der Waals surface area contributed by atoms with Crippen LogP contribution in [0, 0.1) is 0 Å². The van der Waals surface area contributed by atoms with E-state index in [0.717, 1.165) is 0 Å². The first-order valence-electron chi connectivity index (χ1n) is 9.94. The van der Waals surface area contributed by atoms with Crippen LogP contribution in [0.15, 0.2) is 72.8 Å². The average Bonchev–Trinajstić information content (AvgIpc) is 2.67. The topological polar surface area (TPSA) is 0 Å². The molecule has 0 radical (unpaired) electrons. The van der Waals surface area contributed by atoms with Crippen molar-refractivity contribution in [3.8, 4) is 0 Å². The first-order valence-corrected chi connectivity index (χ1v) is 9.94. The molecule has 0 heterocycles. The van der Waals surface area contributed by atoms with Crippen LogP contribution >= 0.6 is 0 Å². The maximum absolute atomic E-state index is 2.30. The molecule has 0 fully saturated rings. The molecule has 0 amide bonds. The molecule has 0 aliphatic heterocycles. The number of hydrogen-bond donors (Lipinski definition) is 0. The Morgan fingerprint density at radius 1 is 0.440 bits per heavy atom. The molecule has 0 unspecified atom stereocenters. The van der Waals surface area contributed by atoms with Gasteiger partial charge in [0.1, 0.15) is 0 Å². The van der Waals surface area contributed by atoms with E-state index in [0.29, 0.717) is 0 Å². The van der Waals surface area contributed by atoms with Gasteiger partial charge in [0, 0.05) is 0 Å². The summed E-state index contributed by atoms with van der Waals surface area (Å²) in [6.45, 7) is 0. The lowest BCUT2D eigenvalue weighted by atomic mass is 9.99. The largest absolute Gasteiger partial charge is 0.0622 e. The van der Waals surface area contributed by atoms with Crippen molar-refractivity contribution in [2.75, 3.05) is 0 Å². The molecule has 130 valence electrons. The highest BCUT2D eigenvalue weighted by Gasteiger charge is 2.00. The molecule has 0 aliphatic rings. The maximum atomic E-state index is 2.30. The van der Waals surface area contributed by atoms with Crippen LogP contribution in [0.3, 0.4) is 0 Å². The first-order chi connectivity index (χ1) is 12.4. The van der Waals surface area contributed by atoms with Gasteiger partial charge in [-0.25, -0.2) is 0 Å². The zero-order chi connectivity index (χ0) is 17.2. The van der Waals surface area contributed by atoms with Gasteiger partial charge in [-0.05, 0) is 47.6 Å². The molecule has 25 heavy (non-hydrogen) atoms. The van der Waals surface area contributed by atoms with Gasteiger partial charge < -0.3 is 0 Å². The second-order valence-corrected chi connectivity index (χ2v) is 7.10. The Balaban J connectivity index is 1.26. The lowest BCUT2D eigenvalue weighted by Gasteiger charge is -2.07. The molecule has 0 atom stereocenters. The second-order valence-electron chi connectivity index (χ2n) is 7.10. The van der Waals surface area contributed by atoms with E-state index >= 15 is 0 Å². The number of aryl methyl sites for hydroxylation is 2. The summed E-state index contributed by atoms with van der Waals surface area (Å²) in [5.74, 6) is 0. The van der Waals surface area contributed by atoms with Crippen molar-refractivity contribution in [2.45, 2.75) is 57.8 Å². The van der Waals surface area contributed by atoms with Crippen molar-refractivity contribution in [2.24, 2.45) is 0 Å². The SMILES string of the molecule is c1ccc(CCCCCCCCCc2cccc3ccccc23)cc1. The standard InChI is InChI=1S/C25H30/c1(2-4-7-14-22-15-8-6-9-16-22)3-5-10-17-23-19-13-20-24-18-11-12-21-25(23)24/h6,8-9,11-13,15-16,18-21H,1-5,7,10,14,17H2. The van der Waals surface area contributed by atoms with E-state index in [2.05, 4.69) is 72.8 Å². The minimum absolute atomic E-state index is 1.22. The van der Waals surface area contributed by atoms with Gasteiger partial charge in [-0.15, -0.1) is 0 Å². The summed E-state index contributed by atoms with van der Waals surface area (Å²) in [6.07, 6.45) is 12.0. The van der Waals surface area contributed by atoms with Gasteiger partial charge in [0.15, 0.2) is 0 Å². The molecule has 0 heteroatoms. The van der Waals surface area contributed by atoms with E-state index in [9.17, 15) is 0 Å². The van der Waals surface area contributed by atoms with Crippen LogP contribution in [-0.4, -0.2) is 0 Å². The van der Waals surface area contributed by atoms with Crippen LogP contribution in [0.2, 0.25) is 0 Å². The van der Waals surface area contributed by atoms with E-state index < -0.39 is 0 Å². The Morgan fingerprint density at radius 2 is 1.04 bits per heavy atom. The highest BCUT2D eigenvalue weighted by atomic mass is 14.1. The zero-order valence-electron chi connectivity index (χ0n) is 15.3. The first kappa shape index (κ1) is 17.7. The van der Waals surface area contributed by atoms with Gasteiger partial charge in [-0.2, -0.15) is 0 Å². The van der Waals surface area contributed by atoms with Crippen LogP contribution in [-0.2, 0) is 12.8 Å². The summed E-state index contributed by atoms with van der Waals surface area (Å²) in [7, 11) is 0. The summed E-state index contributed by atoms with van der Waals surface area (Å²) in [5.41, 5.74) is 3.00. The van der Waals surface area contributed by atoms with Crippen LogP contribution < -0.4 is 0 Å². The smallest absolute Gasteiger partial charge is 0.0152 e. The normalized spacial score (nSPS) is 11.0. The number of unbranched alkanes of at least 4 members (excludes halogenated alkanes) is 6. The zero-order valence-corrected chi connectivity index (χ0v) is 15.3. The number of benzene rings is 3. The lowest BCUT2D eigenvalue weighted by molar-refractivity contribution is 0.579. The predicted molar refractivity (Wildman–Crippen MR) is 110 cm³/mol. The Labute approximate surface area is 152 Å². The van der Waals surface area contributed by atoms with Crippen molar-refractivity contribution < 1.29 is 0 Å². The average molecular weight is 331 g/mol. The van der Waals surface area contributed by atoms with Crippen LogP contribution in [0.5, 0.6) is 0 Å². The summed E-state index contributed by atoms with van der Waals surface area (Å²) in [4.78, 5) is 0. The summed E-state index contributed by atoms with van der Waals surface area (Å²) < 4.78 is 0. The van der Waals surface area contributed by atoms with E-state index in [1.807, 2.05) is 0 Å². The fourth-order valence-corrected chi connectivity index (χ4v) is 3.68. The van der Waals surface area contributed by atoms with Crippen molar-refractivity contribution in [1.29, 1.82) is 0 Å². The van der Waals surface area contributed by atoms with Gasteiger partial charge in [0.2, 0.25) is 0 Å². The second kappa shape index (κ2) is 10.0. The Hall–Kier alpha value is -2.08. The lowest BCUT2D eigenvalue weighted by Crippen LogP contribution is -1.89. The quantitative estimate of drug-likeness (QED) is 0.341. The predicted octanol–water partition coefficient (Wildman–Crippen LogP) is 7.36. The number of hydrogen-bond acceptors (Lipinski definition) is 0. The van der Waals surface area contributed by atoms with E-state index in [4.69, 9.17) is 0 Å². The van der Waals surface area contributed by atoms with Gasteiger partial charge >= 0.3 is 0 Å². The van der Waals surface area contributed by atoms with Crippen molar-refractivity contribution in [3.05, 3.63) is 83.9 Å². The maximum Gasteiger partial charge on any atom is -0.0152 e. The fourth-order valence-electron chi connectivity index (χ4n) is 3.68. The molecule has 0 N–H and O–H groups in total. The molecule has 3 rings (SSSR count). The highest BCUT2D eigenvalue weighted by Crippen LogP contribution is 2.20. The van der Waals surface area contributed by atoms with E-state index in [1.165, 1.54) is 79.7 Å². The minimum Gasteiger partial charge on any atom is -0.0622 e. The van der Waals surface area contributed by atoms with E-state index in [-0.39, 0.29) is 0 Å². The molecule has 0 saturated carbocycles. The molecule has 0 bridgehead atoms. The number of rotatable bonds is 10. The van der Waals surface area contributed by atoms with Gasteiger partial charge in [0.05, 0.1) is 0 Å². The van der Waals surface area contributed by atoms with Crippen LogP contribution in [0.1, 0.15) is 56.1 Å². The van der Waals surface area contributed by atoms with Crippen LogP contribution in [0.25, 0.3) is 10.8 Å². The molecule has 0 nitrogen and oxygen atoms in total. The molecule has 0 aromatic heterocycles. The summed E-state index contributed by atoms with van der Waals surface area (Å²) >= 11 is 0. The molecular weight excluding hydrogens is 300 g/mol. The molecule has 0 saturated heterocycles. The van der Waals surface area contributed by atoms with Crippen molar-refractivity contribution in [1.82, 2.24) is 0 Å². The molecular formula is C25H30. The third-order valence-corrected chi connectivity index (χ3v) is 5.13. The highest BCUT2D eigenvalue weighted by molar-refractivity contribution is 5.85. The fraction of sp³-hybridized carbons (Fsp3) is 0.360. The molecule has 0 aliphatic carbocycles. The van der Waals surface area contributed by atoms with Gasteiger partial charge in [-0.1, -0.05) is 105 Å². The van der Waals surface area contributed by atoms with Crippen molar-refractivity contribution >= 4 is 10.8 Å². The molecule has 3 aromatic carbocycles. The van der Waals surface area contributed by atoms with Crippen molar-refractivity contribution in [3.63, 3.8) is 0 Å². The Morgan fingerprint density at radius 3 is 1.84 bits per heavy atom. The third-order valence-electron chi connectivity index (χ3n) is 5.13. The van der Waals surface area contributed by atoms with Gasteiger partial charge in [-0.3, -0.25) is 0 Å². The third kappa shape index (κ3) is 5.74. The Bertz CT molecular complexity index is 737. The van der Waals surface area contributed by atoms with Gasteiger partial charge in [0.25, 0.3) is 0 Å². The molecule has 3 aromatic rings. The molecule has 0 spiro atoms. The minimum atomic E-state index is 1.22. The monoisotopic (exact) mass is 330 g/mol. The summed E-state index contributed by atoms with van der Waals surface area (Å²) in [6, 6.07) is 26.3. The van der Waals surface area contributed by atoms with Crippen LogP contribution in [0.4, 0.5) is 0 Å². The Kier molecular flexibility index (Phi) is 7.12. The summed E-state index contributed by atoms with van der Waals surface area (Å²) in [5, 5.41) is 2.81. The van der Waals surface area contributed by atoms with E-state index in [1.54, 1.807) is 0 Å². The number of fused-ring (bicyclic) bond motifs is 1.